The van der Waals surface area contributed by atoms with Crippen molar-refractivity contribution in [3.8, 4) is 0 Å². The molecule has 112 valence electrons. The van der Waals surface area contributed by atoms with Gasteiger partial charge in [0.1, 0.15) is 0 Å². The molecule has 0 unspecified atom stereocenters. The van der Waals surface area contributed by atoms with Crippen LogP contribution in [0.3, 0.4) is 0 Å². The summed E-state index contributed by atoms with van der Waals surface area (Å²) in [5.41, 5.74) is 0.829. The molecule has 21 heavy (non-hydrogen) atoms. The summed E-state index contributed by atoms with van der Waals surface area (Å²) in [7, 11) is -3.58. The van der Waals surface area contributed by atoms with Crippen LogP contribution in [0.15, 0.2) is 41.3 Å². The predicted octanol–water partition coefficient (Wildman–Crippen LogP) is 1.03. The second kappa shape index (κ2) is 6.51. The maximum Gasteiger partial charge on any atom is 0.240 e. The van der Waals surface area contributed by atoms with Crippen LogP contribution in [0, 0.1) is 6.92 Å². The lowest BCUT2D eigenvalue weighted by molar-refractivity contribution is -0.116. The van der Waals surface area contributed by atoms with Gasteiger partial charge in [0.2, 0.25) is 15.9 Å². The van der Waals surface area contributed by atoms with Crippen LogP contribution < -0.4 is 10.0 Å². The Balaban J connectivity index is 1.82. The number of carbonyl (C=O) groups is 1. The third-order valence-corrected chi connectivity index (χ3v) is 4.15. The molecule has 2 rings (SSSR count). The second-order valence-corrected chi connectivity index (χ2v) is 6.21. The average Bonchev–Trinajstić information content (AvgIpc) is 2.85. The Morgan fingerprint density at radius 2 is 2.00 bits per heavy atom. The van der Waals surface area contributed by atoms with Crippen molar-refractivity contribution in [3.05, 3.63) is 42.1 Å². The Hall–Kier alpha value is -2.19. The Bertz CT molecular complexity index is 710. The van der Waals surface area contributed by atoms with Gasteiger partial charge >= 0.3 is 0 Å². The first-order chi connectivity index (χ1) is 9.97. The Kier molecular flexibility index (Phi) is 4.71. The summed E-state index contributed by atoms with van der Waals surface area (Å²) < 4.78 is 26.2. The van der Waals surface area contributed by atoms with E-state index in [0.29, 0.717) is 5.82 Å². The molecule has 0 spiro atoms. The van der Waals surface area contributed by atoms with Gasteiger partial charge in [-0.1, -0.05) is 18.2 Å². The summed E-state index contributed by atoms with van der Waals surface area (Å²) in [6, 6.07) is 9.69. The number of aromatic amines is 1. The molecular formula is C13H16N4O3S. The lowest BCUT2D eigenvalue weighted by Crippen LogP contribution is -2.27. The first-order valence-electron chi connectivity index (χ1n) is 6.34. The van der Waals surface area contributed by atoms with Crippen LogP contribution in [-0.2, 0) is 14.8 Å². The van der Waals surface area contributed by atoms with Gasteiger partial charge in [0.25, 0.3) is 0 Å². The largest absolute Gasteiger partial charge is 0.309 e. The fraction of sp³-hybridized carbons (Fsp3) is 0.231. The quantitative estimate of drug-likeness (QED) is 0.741. The monoisotopic (exact) mass is 308 g/mol. The number of nitrogens with one attached hydrogen (secondary N) is 3. The predicted molar refractivity (Wildman–Crippen MR) is 78.2 cm³/mol. The standard InChI is InChI=1S/C13H16N4O3S/c1-10-9-12(17-16-10)15-13(18)7-8-14-21(19,20)11-5-3-2-4-6-11/h2-6,9,14H,7-8H2,1H3,(H2,15,16,17,18). The molecule has 8 heteroatoms. The van der Waals surface area contributed by atoms with Gasteiger partial charge in [0, 0.05) is 24.7 Å². The van der Waals surface area contributed by atoms with E-state index in [-0.39, 0.29) is 23.8 Å². The number of sulfonamides is 1. The number of anilines is 1. The highest BCUT2D eigenvalue weighted by Gasteiger charge is 2.13. The molecule has 2 aromatic rings. The maximum absolute atomic E-state index is 11.9. The number of carbonyl (C=O) groups excluding carboxylic acids is 1. The summed E-state index contributed by atoms with van der Waals surface area (Å²) >= 11 is 0. The van der Waals surface area contributed by atoms with Gasteiger partial charge in [-0.15, -0.1) is 0 Å². The Labute approximate surface area is 122 Å². The molecule has 1 amide bonds. The summed E-state index contributed by atoms with van der Waals surface area (Å²) in [4.78, 5) is 11.8. The minimum absolute atomic E-state index is 0.0203. The number of H-pyrrole nitrogens is 1. The number of rotatable bonds is 6. The molecule has 1 heterocycles. The van der Waals surface area contributed by atoms with Crippen molar-refractivity contribution in [2.75, 3.05) is 11.9 Å². The number of amides is 1. The minimum atomic E-state index is -3.58. The number of aryl methyl sites for hydroxylation is 1. The van der Waals surface area contributed by atoms with Crippen LogP contribution in [-0.4, -0.2) is 31.1 Å². The molecule has 0 bridgehead atoms. The number of hydrogen-bond donors (Lipinski definition) is 3. The Morgan fingerprint density at radius 3 is 2.62 bits per heavy atom. The normalized spacial score (nSPS) is 11.3. The maximum atomic E-state index is 11.9. The van der Waals surface area contributed by atoms with Crippen LogP contribution in [0.1, 0.15) is 12.1 Å². The number of aromatic nitrogens is 2. The van der Waals surface area contributed by atoms with Gasteiger partial charge in [-0.25, -0.2) is 13.1 Å². The zero-order valence-corrected chi connectivity index (χ0v) is 12.3. The highest BCUT2D eigenvalue weighted by Crippen LogP contribution is 2.07. The van der Waals surface area contributed by atoms with Gasteiger partial charge in [-0.05, 0) is 19.1 Å². The van der Waals surface area contributed by atoms with E-state index in [9.17, 15) is 13.2 Å². The van der Waals surface area contributed by atoms with E-state index in [1.54, 1.807) is 24.3 Å². The second-order valence-electron chi connectivity index (χ2n) is 4.45. The topological polar surface area (TPSA) is 104 Å². The van der Waals surface area contributed by atoms with Crippen molar-refractivity contribution < 1.29 is 13.2 Å². The van der Waals surface area contributed by atoms with E-state index >= 15 is 0 Å². The van der Waals surface area contributed by atoms with E-state index in [4.69, 9.17) is 0 Å². The molecule has 0 radical (unpaired) electrons. The number of benzene rings is 1. The molecule has 0 atom stereocenters. The third-order valence-electron chi connectivity index (χ3n) is 2.67. The summed E-state index contributed by atoms with van der Waals surface area (Å²) in [5, 5.41) is 9.14. The highest BCUT2D eigenvalue weighted by atomic mass is 32.2. The first-order valence-corrected chi connectivity index (χ1v) is 7.82. The molecular weight excluding hydrogens is 292 g/mol. The molecule has 3 N–H and O–H groups in total. The van der Waals surface area contributed by atoms with Crippen LogP contribution in [0.25, 0.3) is 0 Å². The molecule has 0 aliphatic rings. The third kappa shape index (κ3) is 4.40. The highest BCUT2D eigenvalue weighted by molar-refractivity contribution is 7.89. The SMILES string of the molecule is Cc1cc(NC(=O)CCNS(=O)(=O)c2ccccc2)n[nH]1. The van der Waals surface area contributed by atoms with Crippen LogP contribution in [0.2, 0.25) is 0 Å². The lowest BCUT2D eigenvalue weighted by Gasteiger charge is -2.06. The van der Waals surface area contributed by atoms with E-state index in [1.165, 1.54) is 12.1 Å². The zero-order chi connectivity index (χ0) is 15.3. The molecule has 0 fully saturated rings. The van der Waals surface area contributed by atoms with Crippen molar-refractivity contribution in [3.63, 3.8) is 0 Å². The van der Waals surface area contributed by atoms with Crippen molar-refractivity contribution in [1.82, 2.24) is 14.9 Å². The van der Waals surface area contributed by atoms with Gasteiger partial charge in [-0.3, -0.25) is 9.89 Å². The van der Waals surface area contributed by atoms with Crippen molar-refractivity contribution >= 4 is 21.7 Å². The van der Waals surface area contributed by atoms with Gasteiger partial charge in [0.15, 0.2) is 5.82 Å². The molecule has 0 aliphatic heterocycles. The van der Waals surface area contributed by atoms with Crippen molar-refractivity contribution in [2.24, 2.45) is 0 Å². The van der Waals surface area contributed by atoms with Gasteiger partial charge in [-0.2, -0.15) is 5.10 Å². The fourth-order valence-electron chi connectivity index (χ4n) is 1.67. The van der Waals surface area contributed by atoms with E-state index in [1.807, 2.05) is 6.92 Å². The Morgan fingerprint density at radius 1 is 1.29 bits per heavy atom. The fourth-order valence-corrected chi connectivity index (χ4v) is 2.72. The summed E-state index contributed by atoms with van der Waals surface area (Å²) in [6.07, 6.45) is 0.0258. The van der Waals surface area contributed by atoms with E-state index in [0.717, 1.165) is 5.69 Å². The van der Waals surface area contributed by atoms with Gasteiger partial charge < -0.3 is 5.32 Å². The van der Waals surface area contributed by atoms with Crippen molar-refractivity contribution in [2.45, 2.75) is 18.2 Å². The summed E-state index contributed by atoms with van der Waals surface area (Å²) in [6.45, 7) is 1.84. The van der Waals surface area contributed by atoms with Gasteiger partial charge in [0.05, 0.1) is 4.90 Å². The zero-order valence-electron chi connectivity index (χ0n) is 11.5. The molecule has 0 aliphatic carbocycles. The van der Waals surface area contributed by atoms with Crippen molar-refractivity contribution in [1.29, 1.82) is 0 Å². The first kappa shape index (κ1) is 15.2. The van der Waals surface area contributed by atoms with E-state index < -0.39 is 10.0 Å². The average molecular weight is 308 g/mol. The van der Waals surface area contributed by atoms with Crippen LogP contribution in [0.5, 0.6) is 0 Å². The van der Waals surface area contributed by atoms with Crippen LogP contribution in [0.4, 0.5) is 5.82 Å². The number of hydrogen-bond acceptors (Lipinski definition) is 4. The van der Waals surface area contributed by atoms with E-state index in [2.05, 4.69) is 20.2 Å². The minimum Gasteiger partial charge on any atom is -0.309 e. The smallest absolute Gasteiger partial charge is 0.240 e. The molecule has 0 saturated heterocycles. The van der Waals surface area contributed by atoms with Crippen LogP contribution >= 0.6 is 0 Å². The molecule has 1 aromatic carbocycles. The molecule has 1 aromatic heterocycles. The lowest BCUT2D eigenvalue weighted by atomic mass is 10.4. The number of nitrogens with zero attached hydrogens (tertiary/aromatic N) is 1. The molecule has 7 nitrogen and oxygen atoms in total. The summed E-state index contributed by atoms with van der Waals surface area (Å²) in [5.74, 6) is 0.112. The molecule has 0 saturated carbocycles.